The second-order valence-electron chi connectivity index (χ2n) is 6.72. The van der Waals surface area contributed by atoms with E-state index >= 15 is 0 Å². The summed E-state index contributed by atoms with van der Waals surface area (Å²) in [6.45, 7) is 5.82. The zero-order chi connectivity index (χ0) is 18.8. The smallest absolute Gasteiger partial charge is 0.270 e. The van der Waals surface area contributed by atoms with Crippen molar-refractivity contribution in [3.63, 3.8) is 0 Å². The van der Waals surface area contributed by atoms with Crippen LogP contribution >= 0.6 is 34.3 Å². The van der Waals surface area contributed by atoms with Crippen LogP contribution in [0.3, 0.4) is 0 Å². The van der Waals surface area contributed by atoms with Gasteiger partial charge in [-0.05, 0) is 43.2 Å². The van der Waals surface area contributed by atoms with Gasteiger partial charge in [-0.15, -0.1) is 11.3 Å². The van der Waals surface area contributed by atoms with Crippen LogP contribution in [0.1, 0.15) is 27.2 Å². The number of thiazole rings is 1. The summed E-state index contributed by atoms with van der Waals surface area (Å²) in [6.07, 6.45) is 0.918. The molecule has 0 bridgehead atoms. The Morgan fingerprint density at radius 2 is 1.96 bits per heavy atom. The minimum Gasteiger partial charge on any atom is -0.340 e. The van der Waals surface area contributed by atoms with Gasteiger partial charge in [0.25, 0.3) is 5.91 Å². The molecule has 0 aliphatic rings. The molecule has 7 heteroatoms. The second-order valence-corrected chi connectivity index (χ2v) is 9.45. The molecule has 0 spiro atoms. The minimum atomic E-state index is -0.0240. The standard InChI is InChI=1S/C19H22ClN3OS2/c1-12-6-7-14-17(13(12)2)21-19(26-14)23(11-5-10-22(3)4)18(24)15-8-9-16(20)25-15/h6-9H,5,10-11H2,1-4H3/p+1. The van der Waals surface area contributed by atoms with Crippen LogP contribution in [0.15, 0.2) is 24.3 Å². The minimum absolute atomic E-state index is 0.0240. The molecule has 3 aromatic rings. The quantitative estimate of drug-likeness (QED) is 0.673. The van der Waals surface area contributed by atoms with Gasteiger partial charge in [0.2, 0.25) is 0 Å². The normalized spacial score (nSPS) is 11.5. The van der Waals surface area contributed by atoms with Crippen molar-refractivity contribution in [2.45, 2.75) is 20.3 Å². The summed E-state index contributed by atoms with van der Waals surface area (Å²) in [7, 11) is 4.24. The van der Waals surface area contributed by atoms with Crippen LogP contribution in [0.25, 0.3) is 10.2 Å². The van der Waals surface area contributed by atoms with Crippen molar-refractivity contribution in [1.82, 2.24) is 4.98 Å². The Morgan fingerprint density at radius 1 is 1.19 bits per heavy atom. The maximum Gasteiger partial charge on any atom is 0.270 e. The molecule has 0 unspecified atom stereocenters. The Labute approximate surface area is 167 Å². The summed E-state index contributed by atoms with van der Waals surface area (Å²) in [5.41, 5.74) is 3.38. The van der Waals surface area contributed by atoms with Gasteiger partial charge >= 0.3 is 0 Å². The molecule has 1 N–H and O–H groups in total. The molecular weight excluding hydrogens is 386 g/mol. The van der Waals surface area contributed by atoms with E-state index in [1.54, 1.807) is 23.5 Å². The first-order valence-electron chi connectivity index (χ1n) is 8.60. The van der Waals surface area contributed by atoms with Crippen LogP contribution in [0.2, 0.25) is 4.34 Å². The van der Waals surface area contributed by atoms with E-state index in [9.17, 15) is 4.79 Å². The van der Waals surface area contributed by atoms with Crippen LogP contribution in [0.5, 0.6) is 0 Å². The van der Waals surface area contributed by atoms with E-state index in [0.29, 0.717) is 15.8 Å². The van der Waals surface area contributed by atoms with Gasteiger partial charge in [-0.2, -0.15) is 0 Å². The number of rotatable bonds is 6. The lowest BCUT2D eigenvalue weighted by Gasteiger charge is -2.19. The van der Waals surface area contributed by atoms with Gasteiger partial charge < -0.3 is 4.90 Å². The van der Waals surface area contributed by atoms with E-state index in [1.807, 2.05) is 4.90 Å². The topological polar surface area (TPSA) is 37.6 Å². The highest BCUT2D eigenvalue weighted by atomic mass is 35.5. The summed E-state index contributed by atoms with van der Waals surface area (Å²) in [5, 5.41) is 0.761. The summed E-state index contributed by atoms with van der Waals surface area (Å²) in [5.74, 6) is -0.0240. The average Bonchev–Trinajstić information content (AvgIpc) is 3.21. The molecule has 2 aromatic heterocycles. The molecule has 0 fully saturated rings. The predicted molar refractivity (Wildman–Crippen MR) is 112 cm³/mol. The van der Waals surface area contributed by atoms with Crippen LogP contribution in [-0.2, 0) is 0 Å². The Balaban J connectivity index is 1.96. The van der Waals surface area contributed by atoms with Crippen molar-refractivity contribution in [2.24, 2.45) is 0 Å². The van der Waals surface area contributed by atoms with Crippen molar-refractivity contribution < 1.29 is 9.69 Å². The summed E-state index contributed by atoms with van der Waals surface area (Å²) in [6, 6.07) is 7.77. The van der Waals surface area contributed by atoms with Crippen LogP contribution < -0.4 is 9.80 Å². The van der Waals surface area contributed by atoms with Crippen molar-refractivity contribution in [3.8, 4) is 0 Å². The number of aromatic nitrogens is 1. The molecule has 0 atom stereocenters. The van der Waals surface area contributed by atoms with Gasteiger partial charge in [0.15, 0.2) is 5.13 Å². The molecule has 1 amide bonds. The fourth-order valence-corrected chi connectivity index (χ4v) is 4.81. The molecule has 0 aliphatic carbocycles. The van der Waals surface area contributed by atoms with Crippen molar-refractivity contribution >= 4 is 55.5 Å². The fraction of sp³-hybridized carbons (Fsp3) is 0.368. The van der Waals surface area contributed by atoms with Gasteiger partial charge in [0.1, 0.15) is 0 Å². The van der Waals surface area contributed by atoms with Gasteiger partial charge in [-0.3, -0.25) is 9.69 Å². The molecule has 1 aromatic carbocycles. The molecule has 4 nitrogen and oxygen atoms in total. The summed E-state index contributed by atoms with van der Waals surface area (Å²) < 4.78 is 1.74. The highest BCUT2D eigenvalue weighted by molar-refractivity contribution is 7.22. The maximum atomic E-state index is 13.1. The number of quaternary nitrogens is 1. The van der Waals surface area contributed by atoms with Crippen LogP contribution in [-0.4, -0.2) is 38.1 Å². The highest BCUT2D eigenvalue weighted by Gasteiger charge is 2.23. The first-order chi connectivity index (χ1) is 12.4. The van der Waals surface area contributed by atoms with E-state index in [4.69, 9.17) is 16.6 Å². The fourth-order valence-electron chi connectivity index (χ4n) is 2.77. The van der Waals surface area contributed by atoms with Gasteiger partial charge in [0, 0.05) is 13.0 Å². The van der Waals surface area contributed by atoms with E-state index in [-0.39, 0.29) is 5.91 Å². The number of amides is 1. The Kier molecular flexibility index (Phi) is 5.97. The summed E-state index contributed by atoms with van der Waals surface area (Å²) in [4.78, 5) is 21.7. The number of carbonyl (C=O) groups excluding carboxylic acids is 1. The number of carbonyl (C=O) groups is 1. The molecule has 0 saturated heterocycles. The van der Waals surface area contributed by atoms with Gasteiger partial charge in [-0.25, -0.2) is 4.98 Å². The van der Waals surface area contributed by atoms with Gasteiger partial charge in [-0.1, -0.05) is 29.0 Å². The van der Waals surface area contributed by atoms with E-state index in [2.05, 4.69) is 40.1 Å². The molecule has 0 aliphatic heterocycles. The number of aryl methyl sites for hydroxylation is 2. The molecule has 3 rings (SSSR count). The number of hydrogen-bond acceptors (Lipinski definition) is 4. The number of anilines is 1. The lowest BCUT2D eigenvalue weighted by atomic mass is 10.1. The monoisotopic (exact) mass is 408 g/mol. The van der Waals surface area contributed by atoms with E-state index in [1.165, 1.54) is 27.4 Å². The Bertz CT molecular complexity index is 932. The summed E-state index contributed by atoms with van der Waals surface area (Å²) >= 11 is 8.93. The number of benzene rings is 1. The maximum absolute atomic E-state index is 13.1. The molecule has 2 heterocycles. The molecule has 0 radical (unpaired) electrons. The second kappa shape index (κ2) is 8.05. The van der Waals surface area contributed by atoms with E-state index < -0.39 is 0 Å². The zero-order valence-corrected chi connectivity index (χ0v) is 17.8. The number of nitrogens with one attached hydrogen (secondary N) is 1. The zero-order valence-electron chi connectivity index (χ0n) is 15.4. The van der Waals surface area contributed by atoms with Crippen molar-refractivity contribution in [2.75, 3.05) is 32.1 Å². The third-order valence-corrected chi connectivity index (χ3v) is 6.65. The third-order valence-electron chi connectivity index (χ3n) is 4.39. The number of fused-ring (bicyclic) bond motifs is 1. The Hall–Kier alpha value is -1.47. The molecule has 138 valence electrons. The van der Waals surface area contributed by atoms with Gasteiger partial charge in [0.05, 0.1) is 40.1 Å². The van der Waals surface area contributed by atoms with Crippen molar-refractivity contribution in [3.05, 3.63) is 44.6 Å². The SMILES string of the molecule is Cc1ccc2sc(N(CCC[NH+](C)C)C(=O)c3ccc(Cl)s3)nc2c1C. The highest BCUT2D eigenvalue weighted by Crippen LogP contribution is 2.33. The number of halogens is 1. The first-order valence-corrected chi connectivity index (χ1v) is 10.6. The van der Waals surface area contributed by atoms with E-state index in [0.717, 1.165) is 28.3 Å². The number of thiophene rings is 1. The molecule has 26 heavy (non-hydrogen) atoms. The predicted octanol–water partition coefficient (Wildman–Crippen LogP) is 3.81. The van der Waals surface area contributed by atoms with Crippen molar-refractivity contribution in [1.29, 1.82) is 0 Å². The van der Waals surface area contributed by atoms with Crippen LogP contribution in [0.4, 0.5) is 5.13 Å². The van der Waals surface area contributed by atoms with Crippen LogP contribution in [0, 0.1) is 13.8 Å². The third kappa shape index (κ3) is 4.09. The molecule has 0 saturated carbocycles. The Morgan fingerprint density at radius 3 is 2.62 bits per heavy atom. The first kappa shape index (κ1) is 19.3. The lowest BCUT2D eigenvalue weighted by Crippen LogP contribution is -3.05. The largest absolute Gasteiger partial charge is 0.340 e. The molecular formula is C19H23ClN3OS2+. The lowest BCUT2D eigenvalue weighted by molar-refractivity contribution is -0.858. The average molecular weight is 409 g/mol. The number of nitrogens with zero attached hydrogens (tertiary/aromatic N) is 2. The number of hydrogen-bond donors (Lipinski definition) is 1.